The molecule has 1 aliphatic carbocycles. The summed E-state index contributed by atoms with van der Waals surface area (Å²) in [6.45, 7) is 1.91. The molecular weight excluding hydrogens is 363 g/mol. The van der Waals surface area contributed by atoms with Gasteiger partial charge in [0.05, 0.1) is 32.8 Å². The summed E-state index contributed by atoms with van der Waals surface area (Å²) >= 11 is 0. The van der Waals surface area contributed by atoms with Crippen LogP contribution >= 0.6 is 0 Å². The lowest BCUT2D eigenvalue weighted by Crippen LogP contribution is -2.51. The molecule has 4 rings (SSSR count). The summed E-state index contributed by atoms with van der Waals surface area (Å²) in [5.41, 5.74) is 1.64. The number of ether oxygens (including phenoxy) is 1. The van der Waals surface area contributed by atoms with Crippen molar-refractivity contribution in [1.29, 1.82) is 0 Å². The number of halogens is 3. The normalized spacial score (nSPS) is 30.1. The Labute approximate surface area is 164 Å². The summed E-state index contributed by atoms with van der Waals surface area (Å²) in [4.78, 5) is 0. The van der Waals surface area contributed by atoms with Gasteiger partial charge in [0.25, 0.3) is 0 Å². The van der Waals surface area contributed by atoms with Gasteiger partial charge >= 0.3 is 6.18 Å². The van der Waals surface area contributed by atoms with Crippen LogP contribution in [0.3, 0.4) is 0 Å². The highest BCUT2D eigenvalue weighted by molar-refractivity contribution is 5.52. The van der Waals surface area contributed by atoms with Gasteiger partial charge in [0, 0.05) is 18.9 Å². The molecule has 0 unspecified atom stereocenters. The number of hydrogen-bond acceptors (Lipinski definition) is 1. The first-order valence-corrected chi connectivity index (χ1v) is 9.97. The van der Waals surface area contributed by atoms with E-state index in [-0.39, 0.29) is 5.75 Å². The van der Waals surface area contributed by atoms with Gasteiger partial charge < -0.3 is 4.74 Å². The number of benzene rings is 2. The number of rotatable bonds is 4. The summed E-state index contributed by atoms with van der Waals surface area (Å²) in [6.07, 6.45) is -0.887. The zero-order valence-electron chi connectivity index (χ0n) is 16.4. The average molecular weight is 390 g/mol. The molecule has 2 nitrogen and oxygen atoms in total. The molecule has 1 saturated carbocycles. The highest BCUT2D eigenvalue weighted by atomic mass is 19.4. The molecule has 0 radical (unpaired) electrons. The standard InChI is InChI=1S/C23H27F3NO/c1-27(18-8-9-21(23(24,25)26)22(14-18)28-2)12-10-17(11-13-27)20-15-19(20)16-6-4-3-5-7-16/h3-9,14,17,19-20H,10-13,15H2,1-2H3/q+1/t17?,19-,20-,27?/m0/s1. The quantitative estimate of drug-likeness (QED) is 0.594. The summed E-state index contributed by atoms with van der Waals surface area (Å²) in [7, 11) is 3.43. The minimum atomic E-state index is -4.39. The largest absolute Gasteiger partial charge is 0.496 e. The third-order valence-corrected chi connectivity index (χ3v) is 6.77. The monoisotopic (exact) mass is 390 g/mol. The highest BCUT2D eigenvalue weighted by Crippen LogP contribution is 2.55. The van der Waals surface area contributed by atoms with E-state index in [4.69, 9.17) is 4.74 Å². The minimum Gasteiger partial charge on any atom is -0.496 e. The number of likely N-dealkylation sites (tertiary alicyclic amines) is 1. The van der Waals surface area contributed by atoms with E-state index in [2.05, 4.69) is 37.4 Å². The van der Waals surface area contributed by atoms with Crippen LogP contribution in [0.25, 0.3) is 0 Å². The van der Waals surface area contributed by atoms with Crippen LogP contribution in [0.2, 0.25) is 0 Å². The second-order valence-corrected chi connectivity index (χ2v) is 8.48. The van der Waals surface area contributed by atoms with Crippen LogP contribution in [0, 0.1) is 11.8 Å². The lowest BCUT2D eigenvalue weighted by molar-refractivity contribution is -0.138. The zero-order valence-corrected chi connectivity index (χ0v) is 16.4. The van der Waals surface area contributed by atoms with Gasteiger partial charge in [0.15, 0.2) is 0 Å². The first-order chi connectivity index (χ1) is 13.3. The average Bonchev–Trinajstić information content (AvgIpc) is 3.49. The summed E-state index contributed by atoms with van der Waals surface area (Å²) in [5, 5.41) is 0. The fraction of sp³-hybridized carbons (Fsp3) is 0.478. The number of quaternary nitrogens is 1. The van der Waals surface area contributed by atoms with Gasteiger partial charge in [0.2, 0.25) is 0 Å². The SMILES string of the molecule is COc1cc([N+]2(C)CCC([C@@H]3C[C@H]3c3ccccc3)CC2)ccc1C(F)(F)F. The zero-order chi connectivity index (χ0) is 19.9. The molecule has 28 heavy (non-hydrogen) atoms. The Kier molecular flexibility index (Phi) is 4.90. The van der Waals surface area contributed by atoms with Gasteiger partial charge in [-0.3, -0.25) is 4.48 Å². The van der Waals surface area contributed by atoms with Gasteiger partial charge in [-0.05, 0) is 41.9 Å². The van der Waals surface area contributed by atoms with Crippen LogP contribution in [0.1, 0.15) is 36.3 Å². The summed E-state index contributed by atoms with van der Waals surface area (Å²) in [5.74, 6) is 2.08. The van der Waals surface area contributed by atoms with Crippen LogP contribution in [0.5, 0.6) is 5.75 Å². The third kappa shape index (κ3) is 3.64. The molecule has 1 aliphatic heterocycles. The van der Waals surface area contributed by atoms with Crippen molar-refractivity contribution < 1.29 is 17.9 Å². The van der Waals surface area contributed by atoms with Crippen molar-refractivity contribution >= 4 is 5.69 Å². The molecule has 0 spiro atoms. The van der Waals surface area contributed by atoms with Crippen LogP contribution in [-0.2, 0) is 6.18 Å². The number of nitrogens with zero attached hydrogens (tertiary/aromatic N) is 1. The first-order valence-electron chi connectivity index (χ1n) is 9.97. The second-order valence-electron chi connectivity index (χ2n) is 8.48. The highest BCUT2D eigenvalue weighted by Gasteiger charge is 2.47. The van der Waals surface area contributed by atoms with E-state index >= 15 is 0 Å². The molecule has 150 valence electrons. The molecule has 0 bridgehead atoms. The molecule has 2 aromatic carbocycles. The minimum absolute atomic E-state index is 0.0854. The fourth-order valence-electron chi connectivity index (χ4n) is 4.91. The van der Waals surface area contributed by atoms with Gasteiger partial charge in [-0.1, -0.05) is 30.3 Å². The lowest BCUT2D eigenvalue weighted by Gasteiger charge is -2.40. The van der Waals surface area contributed by atoms with E-state index in [1.807, 2.05) is 0 Å². The van der Waals surface area contributed by atoms with E-state index in [1.54, 1.807) is 12.1 Å². The first kappa shape index (κ1) is 19.3. The number of alkyl halides is 3. The Morgan fingerprint density at radius 1 is 1.00 bits per heavy atom. The Bertz CT molecular complexity index is 825. The maximum Gasteiger partial charge on any atom is 0.419 e. The molecular formula is C23H27F3NO+. The van der Waals surface area contributed by atoms with Crippen LogP contribution in [0.4, 0.5) is 18.9 Å². The van der Waals surface area contributed by atoms with Crippen molar-refractivity contribution in [3.05, 3.63) is 59.7 Å². The predicted molar refractivity (Wildman–Crippen MR) is 105 cm³/mol. The van der Waals surface area contributed by atoms with E-state index in [9.17, 15) is 13.2 Å². The van der Waals surface area contributed by atoms with E-state index in [1.165, 1.54) is 19.1 Å². The second kappa shape index (κ2) is 7.11. The maximum atomic E-state index is 13.1. The Hall–Kier alpha value is -2.01. The van der Waals surface area contributed by atoms with Gasteiger partial charge in [-0.25, -0.2) is 0 Å². The molecule has 2 fully saturated rings. The topological polar surface area (TPSA) is 9.23 Å². The van der Waals surface area contributed by atoms with Crippen molar-refractivity contribution in [2.75, 3.05) is 27.2 Å². The Balaban J connectivity index is 1.44. The Morgan fingerprint density at radius 2 is 1.68 bits per heavy atom. The van der Waals surface area contributed by atoms with E-state index < -0.39 is 11.7 Å². The van der Waals surface area contributed by atoms with Crippen molar-refractivity contribution in [3.63, 3.8) is 0 Å². The van der Waals surface area contributed by atoms with Crippen LogP contribution in [-0.4, -0.2) is 27.2 Å². The van der Waals surface area contributed by atoms with Crippen molar-refractivity contribution in [3.8, 4) is 5.75 Å². The predicted octanol–water partition coefficient (Wildman–Crippen LogP) is 5.86. The number of methoxy groups -OCH3 is 1. The third-order valence-electron chi connectivity index (χ3n) is 6.77. The van der Waals surface area contributed by atoms with E-state index in [0.29, 0.717) is 16.3 Å². The van der Waals surface area contributed by atoms with Gasteiger partial charge in [-0.2, -0.15) is 13.2 Å². The van der Waals surface area contributed by atoms with E-state index in [0.717, 1.165) is 43.6 Å². The van der Waals surface area contributed by atoms with Crippen molar-refractivity contribution in [2.45, 2.75) is 31.4 Å². The molecule has 1 heterocycles. The molecule has 0 amide bonds. The summed E-state index contributed by atoms with van der Waals surface area (Å²) < 4.78 is 45.2. The molecule has 0 aromatic heterocycles. The van der Waals surface area contributed by atoms with Crippen LogP contribution in [0.15, 0.2) is 48.5 Å². The summed E-state index contributed by atoms with van der Waals surface area (Å²) in [6, 6.07) is 15.1. The van der Waals surface area contributed by atoms with Gasteiger partial charge in [-0.15, -0.1) is 0 Å². The number of piperidine rings is 1. The molecule has 2 aliphatic rings. The molecule has 5 heteroatoms. The molecule has 2 atom stereocenters. The molecule has 0 N–H and O–H groups in total. The molecule has 2 aromatic rings. The number of hydrogen-bond donors (Lipinski definition) is 0. The van der Waals surface area contributed by atoms with Crippen molar-refractivity contribution in [2.24, 2.45) is 11.8 Å². The van der Waals surface area contributed by atoms with Crippen molar-refractivity contribution in [1.82, 2.24) is 4.48 Å². The molecule has 1 saturated heterocycles. The van der Waals surface area contributed by atoms with Gasteiger partial charge in [0.1, 0.15) is 11.4 Å². The van der Waals surface area contributed by atoms with Crippen LogP contribution < -0.4 is 9.22 Å². The Morgan fingerprint density at radius 3 is 2.29 bits per heavy atom. The fourth-order valence-corrected chi connectivity index (χ4v) is 4.91. The maximum absolute atomic E-state index is 13.1. The smallest absolute Gasteiger partial charge is 0.419 e. The lowest BCUT2D eigenvalue weighted by atomic mass is 9.88.